The predicted octanol–water partition coefficient (Wildman–Crippen LogP) is 1.35. The van der Waals surface area contributed by atoms with Gasteiger partial charge in [0.25, 0.3) is 0 Å². The van der Waals surface area contributed by atoms with E-state index in [1.807, 2.05) is 11.8 Å². The third-order valence-electron chi connectivity index (χ3n) is 4.22. The number of carbonyl (C=O) groups is 1. The summed E-state index contributed by atoms with van der Waals surface area (Å²) in [5, 5.41) is 15.6. The molecule has 3 N–H and O–H groups in total. The fraction of sp³-hybridized carbons (Fsp3) is 0.882. The van der Waals surface area contributed by atoms with Crippen molar-refractivity contribution >= 4 is 11.9 Å². The fourth-order valence-corrected chi connectivity index (χ4v) is 2.91. The van der Waals surface area contributed by atoms with Crippen molar-refractivity contribution in [2.75, 3.05) is 39.3 Å². The molecule has 1 fully saturated rings. The number of rotatable bonds is 9. The fourth-order valence-electron chi connectivity index (χ4n) is 2.91. The van der Waals surface area contributed by atoms with Gasteiger partial charge < -0.3 is 20.6 Å². The summed E-state index contributed by atoms with van der Waals surface area (Å²) in [4.78, 5) is 18.5. The average Bonchev–Trinajstić information content (AvgIpc) is 2.58. The van der Waals surface area contributed by atoms with Gasteiger partial charge in [0.15, 0.2) is 5.96 Å². The lowest BCUT2D eigenvalue weighted by molar-refractivity contribution is -0.130. The number of nitrogens with zero attached hydrogens (tertiary/aromatic N) is 2. The van der Waals surface area contributed by atoms with E-state index in [9.17, 15) is 4.79 Å². The topological polar surface area (TPSA) is 77.0 Å². The first-order chi connectivity index (χ1) is 11.2. The second kappa shape index (κ2) is 12.2. The van der Waals surface area contributed by atoms with E-state index >= 15 is 0 Å². The third kappa shape index (κ3) is 8.21. The zero-order chi connectivity index (χ0) is 16.9. The molecule has 1 heterocycles. The van der Waals surface area contributed by atoms with Gasteiger partial charge in [-0.15, -0.1) is 0 Å². The van der Waals surface area contributed by atoms with Crippen molar-refractivity contribution in [2.45, 2.75) is 52.4 Å². The number of hydrogen-bond acceptors (Lipinski definition) is 3. The molecule has 134 valence electrons. The van der Waals surface area contributed by atoms with Gasteiger partial charge in [0.1, 0.15) is 6.54 Å². The minimum Gasteiger partial charge on any atom is -0.396 e. The van der Waals surface area contributed by atoms with Crippen LogP contribution in [0.15, 0.2) is 4.99 Å². The summed E-state index contributed by atoms with van der Waals surface area (Å²) in [7, 11) is 0. The van der Waals surface area contributed by atoms with E-state index < -0.39 is 0 Å². The molecule has 1 aliphatic rings. The molecule has 6 nitrogen and oxygen atoms in total. The van der Waals surface area contributed by atoms with Crippen LogP contribution in [0.4, 0.5) is 0 Å². The Labute approximate surface area is 140 Å². The number of aliphatic hydroxyl groups excluding tert-OH is 1. The summed E-state index contributed by atoms with van der Waals surface area (Å²) in [5.74, 6) is 1.24. The molecule has 0 spiro atoms. The van der Waals surface area contributed by atoms with Crippen LogP contribution >= 0.6 is 0 Å². The van der Waals surface area contributed by atoms with Gasteiger partial charge in [-0.1, -0.05) is 13.3 Å². The van der Waals surface area contributed by atoms with Gasteiger partial charge in [0.05, 0.1) is 0 Å². The average molecular weight is 326 g/mol. The number of nitrogens with one attached hydrogen (secondary N) is 2. The first-order valence-electron chi connectivity index (χ1n) is 9.12. The monoisotopic (exact) mass is 326 g/mol. The molecule has 0 aromatic carbocycles. The van der Waals surface area contributed by atoms with Crippen LogP contribution < -0.4 is 10.6 Å². The molecule has 6 heteroatoms. The Morgan fingerprint density at radius 2 is 1.91 bits per heavy atom. The van der Waals surface area contributed by atoms with Crippen molar-refractivity contribution in [1.82, 2.24) is 15.5 Å². The van der Waals surface area contributed by atoms with Crippen molar-refractivity contribution in [1.29, 1.82) is 0 Å². The Morgan fingerprint density at radius 3 is 2.52 bits per heavy atom. The van der Waals surface area contributed by atoms with Crippen LogP contribution in [-0.2, 0) is 4.79 Å². The maximum Gasteiger partial charge on any atom is 0.244 e. The van der Waals surface area contributed by atoms with Crippen LogP contribution in [0.25, 0.3) is 0 Å². The predicted molar refractivity (Wildman–Crippen MR) is 94.5 cm³/mol. The van der Waals surface area contributed by atoms with Gasteiger partial charge in [-0.05, 0) is 44.9 Å². The Hall–Kier alpha value is -1.30. The molecule has 1 rings (SSSR count). The SMILES string of the molecule is CCCC(CCO)CNC(=NCC(=O)N1CCCCC1)NCC. The highest BCUT2D eigenvalue weighted by atomic mass is 16.3. The number of amides is 1. The normalized spacial score (nSPS) is 17.0. The molecule has 1 atom stereocenters. The van der Waals surface area contributed by atoms with Gasteiger partial charge in [-0.2, -0.15) is 0 Å². The van der Waals surface area contributed by atoms with Gasteiger partial charge in [-0.3, -0.25) is 4.79 Å². The standard InChI is InChI=1S/C17H34N4O2/c1-3-8-15(9-12-22)13-19-17(18-4-2)20-14-16(23)21-10-6-5-7-11-21/h15,22H,3-14H2,1-2H3,(H2,18,19,20). The van der Waals surface area contributed by atoms with Crippen LogP contribution in [0.2, 0.25) is 0 Å². The molecule has 23 heavy (non-hydrogen) atoms. The van der Waals surface area contributed by atoms with Crippen molar-refractivity contribution in [2.24, 2.45) is 10.9 Å². The van der Waals surface area contributed by atoms with Crippen LogP contribution in [0, 0.1) is 5.92 Å². The van der Waals surface area contributed by atoms with E-state index in [-0.39, 0.29) is 19.1 Å². The number of aliphatic hydroxyl groups is 1. The maximum atomic E-state index is 12.2. The second-order valence-corrected chi connectivity index (χ2v) is 6.18. The van der Waals surface area contributed by atoms with Crippen LogP contribution in [-0.4, -0.2) is 61.2 Å². The first kappa shape index (κ1) is 19.7. The van der Waals surface area contributed by atoms with E-state index in [0.29, 0.717) is 11.9 Å². The zero-order valence-electron chi connectivity index (χ0n) is 14.8. The lowest BCUT2D eigenvalue weighted by Crippen LogP contribution is -2.42. The Morgan fingerprint density at radius 1 is 1.17 bits per heavy atom. The number of likely N-dealkylation sites (tertiary alicyclic amines) is 1. The van der Waals surface area contributed by atoms with Gasteiger partial charge in [0, 0.05) is 32.8 Å². The second-order valence-electron chi connectivity index (χ2n) is 6.18. The van der Waals surface area contributed by atoms with Crippen LogP contribution in [0.5, 0.6) is 0 Å². The number of aliphatic imine (C=N–C) groups is 1. The van der Waals surface area contributed by atoms with E-state index in [0.717, 1.165) is 58.3 Å². The number of piperidine rings is 1. The highest BCUT2D eigenvalue weighted by Crippen LogP contribution is 2.10. The van der Waals surface area contributed by atoms with Crippen LogP contribution in [0.3, 0.4) is 0 Å². The molecule has 0 saturated carbocycles. The van der Waals surface area contributed by atoms with Gasteiger partial charge in [-0.25, -0.2) is 4.99 Å². The van der Waals surface area contributed by atoms with Crippen molar-refractivity contribution in [3.63, 3.8) is 0 Å². The summed E-state index contributed by atoms with van der Waals surface area (Å²) in [6, 6.07) is 0. The molecular weight excluding hydrogens is 292 g/mol. The van der Waals surface area contributed by atoms with Crippen LogP contribution in [0.1, 0.15) is 52.4 Å². The third-order valence-corrected chi connectivity index (χ3v) is 4.22. The number of guanidine groups is 1. The molecular formula is C17H34N4O2. The molecule has 0 radical (unpaired) electrons. The molecule has 0 bridgehead atoms. The summed E-state index contributed by atoms with van der Waals surface area (Å²) in [6.45, 7) is 7.87. The summed E-state index contributed by atoms with van der Waals surface area (Å²) >= 11 is 0. The molecule has 1 saturated heterocycles. The Kier molecular flexibility index (Phi) is 10.4. The highest BCUT2D eigenvalue weighted by molar-refractivity contribution is 5.85. The minimum atomic E-state index is 0.113. The Bertz CT molecular complexity index is 349. The molecule has 0 aliphatic carbocycles. The molecule has 0 aromatic rings. The van der Waals surface area contributed by atoms with Gasteiger partial charge in [0.2, 0.25) is 5.91 Å². The first-order valence-corrected chi connectivity index (χ1v) is 9.12. The number of hydrogen-bond donors (Lipinski definition) is 3. The molecule has 1 amide bonds. The van der Waals surface area contributed by atoms with E-state index in [2.05, 4.69) is 22.5 Å². The lowest BCUT2D eigenvalue weighted by atomic mass is 10.0. The van der Waals surface area contributed by atoms with Crippen molar-refractivity contribution in [3.05, 3.63) is 0 Å². The number of carbonyl (C=O) groups excluding carboxylic acids is 1. The van der Waals surface area contributed by atoms with Crippen molar-refractivity contribution in [3.8, 4) is 0 Å². The van der Waals surface area contributed by atoms with E-state index in [1.165, 1.54) is 6.42 Å². The molecule has 0 aromatic heterocycles. The van der Waals surface area contributed by atoms with Gasteiger partial charge >= 0.3 is 0 Å². The van der Waals surface area contributed by atoms with E-state index in [1.54, 1.807) is 0 Å². The smallest absolute Gasteiger partial charge is 0.244 e. The quantitative estimate of drug-likeness (QED) is 0.442. The lowest BCUT2D eigenvalue weighted by Gasteiger charge is -2.26. The Balaban J connectivity index is 2.46. The summed E-state index contributed by atoms with van der Waals surface area (Å²) in [5.41, 5.74) is 0. The summed E-state index contributed by atoms with van der Waals surface area (Å²) in [6.07, 6.45) is 6.42. The molecule has 1 unspecified atom stereocenters. The zero-order valence-corrected chi connectivity index (χ0v) is 14.8. The minimum absolute atomic E-state index is 0.113. The summed E-state index contributed by atoms with van der Waals surface area (Å²) < 4.78 is 0. The largest absolute Gasteiger partial charge is 0.396 e. The van der Waals surface area contributed by atoms with Crippen molar-refractivity contribution < 1.29 is 9.90 Å². The molecule has 1 aliphatic heterocycles. The van der Waals surface area contributed by atoms with E-state index in [4.69, 9.17) is 5.11 Å². The maximum absolute atomic E-state index is 12.2. The highest BCUT2D eigenvalue weighted by Gasteiger charge is 2.16.